The molecule has 1 rings (SSSR count). The Morgan fingerprint density at radius 3 is 2.60 bits per heavy atom. The maximum atomic E-state index is 12.5. The molecule has 1 aliphatic heterocycles. The molecule has 0 bridgehead atoms. The summed E-state index contributed by atoms with van der Waals surface area (Å²) in [5.41, 5.74) is 0. The van der Waals surface area contributed by atoms with Crippen molar-refractivity contribution in [1.29, 1.82) is 5.26 Å². The number of amides is 2. The molecule has 20 heavy (non-hydrogen) atoms. The molecule has 0 radical (unpaired) electrons. The van der Waals surface area contributed by atoms with Crippen LogP contribution in [0.2, 0.25) is 0 Å². The van der Waals surface area contributed by atoms with Gasteiger partial charge in [0.2, 0.25) is 0 Å². The number of likely N-dealkylation sites (tertiary alicyclic amines) is 1. The van der Waals surface area contributed by atoms with Crippen molar-refractivity contribution in [2.24, 2.45) is 5.92 Å². The highest BCUT2D eigenvalue weighted by molar-refractivity contribution is 5.76. The van der Waals surface area contributed by atoms with Crippen LogP contribution in [0, 0.1) is 17.2 Å². The molecule has 0 aromatic heterocycles. The van der Waals surface area contributed by atoms with Crippen molar-refractivity contribution < 1.29 is 14.7 Å². The van der Waals surface area contributed by atoms with Crippen molar-refractivity contribution in [2.45, 2.75) is 52.1 Å². The SMILES string of the molecule is CC(C)N(CCC#N)C(=O)N1CCC(C(=O)O)CC1C. The van der Waals surface area contributed by atoms with Gasteiger partial charge < -0.3 is 14.9 Å². The molecule has 6 heteroatoms. The van der Waals surface area contributed by atoms with Crippen LogP contribution in [0.5, 0.6) is 0 Å². The van der Waals surface area contributed by atoms with Gasteiger partial charge in [0.1, 0.15) is 0 Å². The second kappa shape index (κ2) is 7.13. The minimum Gasteiger partial charge on any atom is -0.481 e. The number of hydrogen-bond donors (Lipinski definition) is 1. The van der Waals surface area contributed by atoms with Gasteiger partial charge in [0, 0.05) is 25.2 Å². The van der Waals surface area contributed by atoms with E-state index in [1.807, 2.05) is 20.8 Å². The van der Waals surface area contributed by atoms with E-state index in [0.717, 1.165) is 0 Å². The van der Waals surface area contributed by atoms with Crippen LogP contribution in [0.25, 0.3) is 0 Å². The Balaban J connectivity index is 2.71. The molecule has 1 fully saturated rings. The van der Waals surface area contributed by atoms with Gasteiger partial charge in [0.15, 0.2) is 0 Å². The smallest absolute Gasteiger partial charge is 0.320 e. The van der Waals surface area contributed by atoms with Crippen LogP contribution >= 0.6 is 0 Å². The molecule has 1 aliphatic rings. The van der Waals surface area contributed by atoms with Crippen molar-refractivity contribution in [3.05, 3.63) is 0 Å². The lowest BCUT2D eigenvalue weighted by atomic mass is 9.92. The Labute approximate surface area is 120 Å². The van der Waals surface area contributed by atoms with Gasteiger partial charge in [-0.05, 0) is 33.6 Å². The fraction of sp³-hybridized carbons (Fsp3) is 0.786. The third-order valence-electron chi connectivity index (χ3n) is 3.80. The van der Waals surface area contributed by atoms with Crippen molar-refractivity contribution in [2.75, 3.05) is 13.1 Å². The summed E-state index contributed by atoms with van der Waals surface area (Å²) < 4.78 is 0. The molecule has 0 spiro atoms. The molecule has 0 saturated carbocycles. The predicted octanol–water partition coefficient (Wildman–Crippen LogP) is 1.92. The van der Waals surface area contributed by atoms with Crippen LogP contribution < -0.4 is 0 Å². The zero-order valence-corrected chi connectivity index (χ0v) is 12.4. The molecule has 6 nitrogen and oxygen atoms in total. The molecular weight excluding hydrogens is 258 g/mol. The summed E-state index contributed by atoms with van der Waals surface area (Å²) >= 11 is 0. The minimum absolute atomic E-state index is 0.0280. The minimum atomic E-state index is -0.783. The van der Waals surface area contributed by atoms with Gasteiger partial charge in [0.25, 0.3) is 0 Å². The fourth-order valence-electron chi connectivity index (χ4n) is 2.59. The van der Waals surface area contributed by atoms with Gasteiger partial charge in [-0.15, -0.1) is 0 Å². The van der Waals surface area contributed by atoms with Crippen LogP contribution in [0.4, 0.5) is 4.79 Å². The zero-order valence-electron chi connectivity index (χ0n) is 12.4. The average Bonchev–Trinajstić information content (AvgIpc) is 2.38. The topological polar surface area (TPSA) is 84.6 Å². The Morgan fingerprint density at radius 2 is 2.15 bits per heavy atom. The van der Waals surface area contributed by atoms with E-state index in [4.69, 9.17) is 10.4 Å². The van der Waals surface area contributed by atoms with Gasteiger partial charge in [-0.25, -0.2) is 4.79 Å². The van der Waals surface area contributed by atoms with Gasteiger partial charge in [-0.1, -0.05) is 0 Å². The Morgan fingerprint density at radius 1 is 1.50 bits per heavy atom. The Hall–Kier alpha value is -1.77. The molecule has 2 atom stereocenters. The summed E-state index contributed by atoms with van der Waals surface area (Å²) in [4.78, 5) is 27.0. The molecule has 0 aromatic rings. The standard InChI is InChI=1S/C14H23N3O3/c1-10(2)16(7-4-6-15)14(20)17-8-5-12(13(18)19)9-11(17)3/h10-12H,4-5,7-9H2,1-3H3,(H,18,19). The molecule has 1 N–H and O–H groups in total. The molecule has 2 unspecified atom stereocenters. The number of carbonyl (C=O) groups is 2. The highest BCUT2D eigenvalue weighted by Crippen LogP contribution is 2.24. The number of carboxylic acid groups (broad SMARTS) is 1. The highest BCUT2D eigenvalue weighted by atomic mass is 16.4. The summed E-state index contributed by atoms with van der Waals surface area (Å²) in [5, 5.41) is 17.7. The van der Waals surface area contributed by atoms with Crippen molar-refractivity contribution in [1.82, 2.24) is 9.80 Å². The normalized spacial score (nSPS) is 22.4. The molecule has 1 heterocycles. The molecule has 112 valence electrons. The van der Waals surface area contributed by atoms with Crippen LogP contribution in [0.15, 0.2) is 0 Å². The highest BCUT2D eigenvalue weighted by Gasteiger charge is 2.34. The number of nitriles is 1. The van der Waals surface area contributed by atoms with Gasteiger partial charge >= 0.3 is 12.0 Å². The predicted molar refractivity (Wildman–Crippen MR) is 74.0 cm³/mol. The fourth-order valence-corrected chi connectivity index (χ4v) is 2.59. The second-order valence-corrected chi connectivity index (χ2v) is 5.58. The number of carbonyl (C=O) groups excluding carboxylic acids is 1. The summed E-state index contributed by atoms with van der Waals surface area (Å²) in [6.07, 6.45) is 1.30. The van der Waals surface area contributed by atoms with Crippen molar-refractivity contribution >= 4 is 12.0 Å². The summed E-state index contributed by atoms with van der Waals surface area (Å²) in [6.45, 7) is 6.61. The molecule has 2 amide bonds. The van der Waals surface area contributed by atoms with E-state index >= 15 is 0 Å². The number of rotatable bonds is 4. The van der Waals surface area contributed by atoms with E-state index in [0.29, 0.717) is 32.4 Å². The van der Waals surface area contributed by atoms with Gasteiger partial charge in [-0.2, -0.15) is 5.26 Å². The first-order chi connectivity index (χ1) is 9.38. The number of nitrogens with zero attached hydrogens (tertiary/aromatic N) is 3. The van der Waals surface area contributed by atoms with E-state index in [9.17, 15) is 9.59 Å². The maximum absolute atomic E-state index is 12.5. The van der Waals surface area contributed by atoms with Gasteiger partial charge in [0.05, 0.1) is 18.4 Å². The summed E-state index contributed by atoms with van der Waals surface area (Å²) in [7, 11) is 0. The van der Waals surface area contributed by atoms with E-state index < -0.39 is 5.97 Å². The van der Waals surface area contributed by atoms with Crippen LogP contribution in [0.3, 0.4) is 0 Å². The Kier molecular flexibility index (Phi) is 5.81. The first kappa shape index (κ1) is 16.3. The molecule has 0 aliphatic carbocycles. The molecule has 1 saturated heterocycles. The first-order valence-electron chi connectivity index (χ1n) is 7.05. The van der Waals surface area contributed by atoms with E-state index in [1.165, 1.54) is 0 Å². The van der Waals surface area contributed by atoms with Crippen LogP contribution in [-0.2, 0) is 4.79 Å². The van der Waals surface area contributed by atoms with E-state index in [2.05, 4.69) is 6.07 Å². The monoisotopic (exact) mass is 281 g/mol. The molecule has 0 aromatic carbocycles. The summed E-state index contributed by atoms with van der Waals surface area (Å²) in [5.74, 6) is -1.14. The number of carboxylic acids is 1. The largest absolute Gasteiger partial charge is 0.481 e. The third-order valence-corrected chi connectivity index (χ3v) is 3.80. The Bertz CT molecular complexity index is 403. The van der Waals surface area contributed by atoms with Crippen molar-refractivity contribution in [3.8, 4) is 6.07 Å². The number of piperidine rings is 1. The van der Waals surface area contributed by atoms with Gasteiger partial charge in [-0.3, -0.25) is 4.79 Å². The van der Waals surface area contributed by atoms with E-state index in [-0.39, 0.29) is 24.0 Å². The quantitative estimate of drug-likeness (QED) is 0.853. The molecular formula is C14H23N3O3. The lowest BCUT2D eigenvalue weighted by molar-refractivity contribution is -0.143. The first-order valence-corrected chi connectivity index (χ1v) is 7.05. The van der Waals surface area contributed by atoms with Crippen LogP contribution in [0.1, 0.15) is 40.0 Å². The third kappa shape index (κ3) is 3.86. The van der Waals surface area contributed by atoms with E-state index in [1.54, 1.807) is 9.80 Å². The number of urea groups is 1. The number of aliphatic carboxylic acids is 1. The lowest BCUT2D eigenvalue weighted by Crippen LogP contribution is -2.53. The second-order valence-electron chi connectivity index (χ2n) is 5.58. The summed E-state index contributed by atoms with van der Waals surface area (Å²) in [6, 6.07) is 1.91. The average molecular weight is 281 g/mol. The maximum Gasteiger partial charge on any atom is 0.320 e. The van der Waals surface area contributed by atoms with Crippen molar-refractivity contribution in [3.63, 3.8) is 0 Å². The lowest BCUT2D eigenvalue weighted by Gasteiger charge is -2.40. The zero-order chi connectivity index (χ0) is 15.3. The number of hydrogen-bond acceptors (Lipinski definition) is 3. The van der Waals surface area contributed by atoms with Crippen LogP contribution in [-0.4, -0.2) is 52.1 Å².